The first-order chi connectivity index (χ1) is 28.0. The van der Waals surface area contributed by atoms with Crippen LogP contribution in [0, 0.1) is 0 Å². The molecule has 6 aromatic carbocycles. The molecular weight excluding hydrogens is 837 g/mol. The topological polar surface area (TPSA) is 47.3 Å². The lowest BCUT2D eigenvalue weighted by Crippen LogP contribution is -2.16. The third-order valence-electron chi connectivity index (χ3n) is 10.9. The van der Waals surface area contributed by atoms with E-state index < -0.39 is 72.8 Å². The van der Waals surface area contributed by atoms with E-state index in [0.717, 1.165) is 0 Å². The fraction of sp³-hybridized carbons (Fsp3) is 0.0909. The summed E-state index contributed by atoms with van der Waals surface area (Å²) in [5.74, 6) is 0.0728. The quantitative estimate of drug-likeness (QED) is 0.163. The normalized spacial score (nSPS) is 15.8. The molecule has 0 saturated carbocycles. The van der Waals surface area contributed by atoms with Gasteiger partial charge in [-0.1, -0.05) is 36.4 Å². The fourth-order valence-corrected chi connectivity index (χ4v) is 10.4. The van der Waals surface area contributed by atoms with Crippen LogP contribution in [-0.4, -0.2) is 8.42 Å². The smallest absolute Gasteiger partial charge is 0.416 e. The van der Waals surface area contributed by atoms with E-state index in [1.54, 1.807) is 24.3 Å². The van der Waals surface area contributed by atoms with E-state index >= 15 is 0 Å². The minimum atomic E-state index is -5.24. The van der Waals surface area contributed by atoms with Crippen molar-refractivity contribution in [2.45, 2.75) is 29.6 Å². The summed E-state index contributed by atoms with van der Waals surface area (Å²) in [7, 11) is -4.46. The molecule has 0 saturated heterocycles. The summed E-state index contributed by atoms with van der Waals surface area (Å²) >= 11 is 0. The Balaban J connectivity index is 1.34. The predicted octanol–water partition coefficient (Wildman–Crippen LogP) is 11.8. The summed E-state index contributed by atoms with van der Waals surface area (Å²) in [6, 6.07) is 19.6. The van der Waals surface area contributed by atoms with Gasteiger partial charge in [0.25, 0.3) is 0 Å². The number of rotatable bonds is 2. The SMILES string of the molecule is O=S1(=O)C2=C(C(c3cc(C(F)(F)F)cc(C(F)(F)F)c3)=c3cc4cc5c(cc4cc32)=C(c2cc(C(F)(F)F)cc(C(F)(F)F)c2)c2c-5oc3ccccc23)c2ccccc21. The largest absolute Gasteiger partial charge is 0.455 e. The Labute approximate surface area is 328 Å². The maximum Gasteiger partial charge on any atom is 0.416 e. The number of sulfone groups is 1. The molecule has 302 valence electrons. The molecule has 0 unspecified atom stereocenters. The van der Waals surface area contributed by atoms with Gasteiger partial charge >= 0.3 is 24.7 Å². The number of para-hydroxylation sites is 1. The van der Waals surface area contributed by atoms with Crippen LogP contribution in [-0.2, 0) is 34.5 Å². The molecule has 2 aliphatic carbocycles. The van der Waals surface area contributed by atoms with Gasteiger partial charge in [0, 0.05) is 38.8 Å². The van der Waals surface area contributed by atoms with E-state index in [0.29, 0.717) is 29.7 Å². The average molecular weight is 855 g/mol. The molecule has 10 rings (SSSR count). The molecule has 16 heteroatoms. The second-order valence-corrected chi connectivity index (χ2v) is 16.3. The molecule has 0 radical (unpaired) electrons. The standard InChI is InChI=1S/C44H18F12O3S/c45-41(46,47)23-9-21(10-24(17-23)42(48,49)50)35-29-13-20-16-32-30(14-19(20)15-31(29)39-37(35)27-5-1-3-7-33(27)59-39)36(38-28-6-2-4-8-34(28)60(57,58)40(32)38)22-11-25(43(51,52)53)18-26(12-22)44(54,55)56/h1-18H. The van der Waals surface area contributed by atoms with Gasteiger partial charge in [0.15, 0.2) is 0 Å². The fourth-order valence-electron chi connectivity index (χ4n) is 8.49. The molecular formula is C44H18F12O3S. The van der Waals surface area contributed by atoms with Crippen LogP contribution in [0.3, 0.4) is 0 Å². The van der Waals surface area contributed by atoms with Gasteiger partial charge in [0.2, 0.25) is 9.84 Å². The van der Waals surface area contributed by atoms with Crippen molar-refractivity contribution >= 4 is 53.2 Å². The molecule has 1 aliphatic heterocycles. The van der Waals surface area contributed by atoms with Crippen molar-refractivity contribution in [3.8, 4) is 11.3 Å². The van der Waals surface area contributed by atoms with Crippen molar-refractivity contribution in [1.82, 2.24) is 0 Å². The van der Waals surface area contributed by atoms with Crippen LogP contribution in [0.15, 0.2) is 119 Å². The van der Waals surface area contributed by atoms with Gasteiger partial charge in [-0.25, -0.2) is 8.42 Å². The van der Waals surface area contributed by atoms with Gasteiger partial charge < -0.3 is 4.42 Å². The van der Waals surface area contributed by atoms with Crippen LogP contribution in [0.4, 0.5) is 52.7 Å². The Morgan fingerprint density at radius 2 is 0.917 bits per heavy atom. The molecule has 0 atom stereocenters. The zero-order chi connectivity index (χ0) is 42.6. The Bertz CT molecular complexity index is 3320. The van der Waals surface area contributed by atoms with E-state index in [2.05, 4.69) is 0 Å². The van der Waals surface area contributed by atoms with Crippen LogP contribution >= 0.6 is 0 Å². The van der Waals surface area contributed by atoms with E-state index in [1.807, 2.05) is 0 Å². The summed E-state index contributed by atoms with van der Waals surface area (Å²) in [5.41, 5.74) is -7.29. The van der Waals surface area contributed by atoms with Gasteiger partial charge in [-0.3, -0.25) is 0 Å². The van der Waals surface area contributed by atoms with E-state index in [1.165, 1.54) is 48.5 Å². The number of hydrogen-bond acceptors (Lipinski definition) is 3. The molecule has 3 aliphatic rings. The van der Waals surface area contributed by atoms with Crippen molar-refractivity contribution in [2.24, 2.45) is 0 Å². The molecule has 0 N–H and O–H groups in total. The minimum Gasteiger partial charge on any atom is -0.455 e. The molecule has 0 spiro atoms. The summed E-state index contributed by atoms with van der Waals surface area (Å²) in [6.07, 6.45) is -20.9. The Kier molecular flexibility index (Phi) is 7.54. The minimum absolute atomic E-state index is 0.000483. The molecule has 2 heterocycles. The van der Waals surface area contributed by atoms with Crippen molar-refractivity contribution in [3.05, 3.63) is 170 Å². The molecule has 0 amide bonds. The maximum absolute atomic E-state index is 14.3. The monoisotopic (exact) mass is 854 g/mol. The van der Waals surface area contributed by atoms with Crippen molar-refractivity contribution < 1.29 is 65.5 Å². The highest BCUT2D eigenvalue weighted by Crippen LogP contribution is 2.53. The molecule has 1 aromatic heterocycles. The highest BCUT2D eigenvalue weighted by molar-refractivity contribution is 8.01. The highest BCUT2D eigenvalue weighted by Gasteiger charge is 2.44. The third-order valence-corrected chi connectivity index (χ3v) is 12.8. The van der Waals surface area contributed by atoms with Crippen molar-refractivity contribution in [2.75, 3.05) is 0 Å². The van der Waals surface area contributed by atoms with Gasteiger partial charge in [-0.2, -0.15) is 52.7 Å². The van der Waals surface area contributed by atoms with E-state index in [4.69, 9.17) is 4.42 Å². The molecule has 0 fully saturated rings. The lowest BCUT2D eigenvalue weighted by Gasteiger charge is -2.16. The molecule has 0 bridgehead atoms. The first-order valence-electron chi connectivity index (χ1n) is 17.6. The summed E-state index contributed by atoms with van der Waals surface area (Å²) in [4.78, 5) is -0.635. The second kappa shape index (κ2) is 11.9. The lowest BCUT2D eigenvalue weighted by atomic mass is 9.91. The first-order valence-corrected chi connectivity index (χ1v) is 19.1. The zero-order valence-corrected chi connectivity index (χ0v) is 30.4. The Hall–Kier alpha value is -6.29. The van der Waals surface area contributed by atoms with Crippen molar-refractivity contribution in [1.29, 1.82) is 0 Å². The van der Waals surface area contributed by atoms with Crippen molar-refractivity contribution in [3.63, 3.8) is 0 Å². The number of furan rings is 1. The predicted molar refractivity (Wildman–Crippen MR) is 196 cm³/mol. The number of benzene rings is 6. The van der Waals surface area contributed by atoms with E-state index in [-0.39, 0.29) is 88.6 Å². The summed E-state index contributed by atoms with van der Waals surface area (Å²) in [5, 5.41) is 0.879. The molecule has 7 aromatic rings. The number of hydrogen-bond donors (Lipinski definition) is 0. The van der Waals surface area contributed by atoms with E-state index in [9.17, 15) is 61.1 Å². The Morgan fingerprint density at radius 1 is 0.450 bits per heavy atom. The summed E-state index contributed by atoms with van der Waals surface area (Å²) < 4.78 is 205. The first kappa shape index (κ1) is 37.9. The summed E-state index contributed by atoms with van der Waals surface area (Å²) in [6.45, 7) is 0. The maximum atomic E-state index is 14.3. The van der Waals surface area contributed by atoms with Crippen LogP contribution in [0.25, 0.3) is 54.7 Å². The van der Waals surface area contributed by atoms with Crippen LogP contribution in [0.5, 0.6) is 0 Å². The van der Waals surface area contributed by atoms with Crippen LogP contribution in [0.2, 0.25) is 0 Å². The Morgan fingerprint density at radius 3 is 1.47 bits per heavy atom. The second-order valence-electron chi connectivity index (χ2n) is 14.5. The van der Waals surface area contributed by atoms with Gasteiger partial charge in [0.1, 0.15) is 11.3 Å². The number of halogens is 12. The zero-order valence-electron chi connectivity index (χ0n) is 29.6. The average Bonchev–Trinajstić information content (AvgIpc) is 3.86. The van der Waals surface area contributed by atoms with Gasteiger partial charge in [-0.05, 0) is 111 Å². The highest BCUT2D eigenvalue weighted by atomic mass is 32.2. The van der Waals surface area contributed by atoms with Crippen LogP contribution in [0.1, 0.15) is 50.1 Å². The van der Waals surface area contributed by atoms with Gasteiger partial charge in [-0.15, -0.1) is 0 Å². The lowest BCUT2D eigenvalue weighted by molar-refractivity contribution is -0.144. The molecule has 3 nitrogen and oxygen atoms in total. The number of allylic oxidation sites excluding steroid dienone is 1. The number of fused-ring (bicyclic) bond motifs is 10. The van der Waals surface area contributed by atoms with Gasteiger partial charge in [0.05, 0.1) is 32.1 Å². The third kappa shape index (κ3) is 5.48. The van der Waals surface area contributed by atoms with Crippen LogP contribution < -0.4 is 10.4 Å². The molecule has 60 heavy (non-hydrogen) atoms. The number of alkyl halides is 12.